The number of rotatable bonds is 5. The van der Waals surface area contributed by atoms with Crippen LogP contribution in [-0.2, 0) is 11.5 Å². The molecule has 5 nitrogen and oxygen atoms in total. The fourth-order valence-corrected chi connectivity index (χ4v) is 2.02. The summed E-state index contributed by atoms with van der Waals surface area (Å²) >= 11 is 0. The van der Waals surface area contributed by atoms with Crippen molar-refractivity contribution in [2.24, 2.45) is 0 Å². The first-order valence-corrected chi connectivity index (χ1v) is 6.80. The van der Waals surface area contributed by atoms with E-state index in [9.17, 15) is 18.0 Å². The van der Waals surface area contributed by atoms with Gasteiger partial charge in [0.2, 0.25) is 0 Å². The van der Waals surface area contributed by atoms with Crippen LogP contribution in [0.3, 0.4) is 0 Å². The lowest BCUT2D eigenvalue weighted by molar-refractivity contribution is -0.182. The van der Waals surface area contributed by atoms with E-state index >= 15 is 0 Å². The van der Waals surface area contributed by atoms with Crippen molar-refractivity contribution in [3.63, 3.8) is 0 Å². The molecule has 2 rings (SSSR count). The molecule has 0 atom stereocenters. The van der Waals surface area contributed by atoms with E-state index in [0.29, 0.717) is 11.3 Å². The van der Waals surface area contributed by atoms with Gasteiger partial charge in [-0.25, -0.2) is 4.68 Å². The molecule has 0 bridgehead atoms. The van der Waals surface area contributed by atoms with Gasteiger partial charge in [-0.15, -0.1) is 0 Å². The Morgan fingerprint density at radius 3 is 2.74 bits per heavy atom. The molecule has 1 amide bonds. The predicted octanol–water partition coefficient (Wildman–Crippen LogP) is 3.29. The molecule has 124 valence electrons. The number of nitrogens with zero attached hydrogens (tertiary/aromatic N) is 2. The average Bonchev–Trinajstić information content (AvgIpc) is 2.84. The summed E-state index contributed by atoms with van der Waals surface area (Å²) in [6, 6.07) is 5.44. The number of anilines is 1. The zero-order chi connectivity index (χ0) is 17.0. The highest BCUT2D eigenvalue weighted by atomic mass is 19.4. The van der Waals surface area contributed by atoms with Gasteiger partial charge in [0.1, 0.15) is 13.3 Å². The summed E-state index contributed by atoms with van der Waals surface area (Å²) < 4.78 is 41.6. The molecule has 0 saturated heterocycles. The summed E-state index contributed by atoms with van der Waals surface area (Å²) in [5.74, 6) is -0.307. The third-order valence-corrected chi connectivity index (χ3v) is 3.01. The second-order valence-electron chi connectivity index (χ2n) is 5.13. The Morgan fingerprint density at radius 1 is 1.35 bits per heavy atom. The van der Waals surface area contributed by atoms with Gasteiger partial charge in [0, 0.05) is 5.56 Å². The van der Waals surface area contributed by atoms with Crippen LogP contribution in [0.1, 0.15) is 21.5 Å². The molecular weight excluding hydrogens is 311 g/mol. The van der Waals surface area contributed by atoms with E-state index in [1.54, 1.807) is 6.07 Å². The van der Waals surface area contributed by atoms with Gasteiger partial charge in [-0.3, -0.25) is 4.79 Å². The number of alkyl halides is 3. The molecule has 0 saturated carbocycles. The number of benzene rings is 1. The van der Waals surface area contributed by atoms with Crippen LogP contribution in [0.15, 0.2) is 30.6 Å². The molecule has 23 heavy (non-hydrogen) atoms. The molecule has 0 spiro atoms. The van der Waals surface area contributed by atoms with E-state index in [2.05, 4.69) is 15.2 Å². The van der Waals surface area contributed by atoms with Crippen molar-refractivity contribution < 1.29 is 22.7 Å². The van der Waals surface area contributed by atoms with Gasteiger partial charge in [0.05, 0.1) is 18.1 Å². The average molecular weight is 327 g/mol. The van der Waals surface area contributed by atoms with Crippen molar-refractivity contribution in [3.8, 4) is 0 Å². The van der Waals surface area contributed by atoms with Crippen LogP contribution >= 0.6 is 0 Å². The van der Waals surface area contributed by atoms with E-state index in [0.717, 1.165) is 11.1 Å². The van der Waals surface area contributed by atoms with E-state index in [1.807, 2.05) is 26.0 Å². The van der Waals surface area contributed by atoms with Gasteiger partial charge >= 0.3 is 6.18 Å². The van der Waals surface area contributed by atoms with E-state index in [-0.39, 0.29) is 12.6 Å². The molecule has 0 fully saturated rings. The monoisotopic (exact) mass is 327 g/mol. The number of hydrogen-bond acceptors (Lipinski definition) is 3. The highest BCUT2D eigenvalue weighted by Crippen LogP contribution is 2.16. The molecule has 0 aliphatic rings. The fraction of sp³-hybridized carbons (Fsp3) is 0.333. The van der Waals surface area contributed by atoms with Crippen molar-refractivity contribution in [1.82, 2.24) is 9.78 Å². The summed E-state index contributed by atoms with van der Waals surface area (Å²) in [6.45, 7) is 2.06. The summed E-state index contributed by atoms with van der Waals surface area (Å²) in [5.41, 5.74) is 2.79. The summed E-state index contributed by atoms with van der Waals surface area (Å²) in [6.07, 6.45) is -1.64. The quantitative estimate of drug-likeness (QED) is 0.917. The minimum Gasteiger partial charge on any atom is -0.350 e. The van der Waals surface area contributed by atoms with Gasteiger partial charge in [0.25, 0.3) is 5.91 Å². The van der Waals surface area contributed by atoms with Gasteiger partial charge in [-0.05, 0) is 25.5 Å². The third kappa shape index (κ3) is 5.10. The number of nitrogens with one attached hydrogen (secondary N) is 1. The number of amides is 1. The van der Waals surface area contributed by atoms with E-state index < -0.39 is 12.8 Å². The van der Waals surface area contributed by atoms with Crippen molar-refractivity contribution in [2.75, 3.05) is 11.9 Å². The van der Waals surface area contributed by atoms with Crippen LogP contribution < -0.4 is 5.32 Å². The van der Waals surface area contributed by atoms with Crippen molar-refractivity contribution in [3.05, 3.63) is 47.3 Å². The maximum absolute atomic E-state index is 12.2. The molecular formula is C15H16F3N3O2. The van der Waals surface area contributed by atoms with E-state index in [4.69, 9.17) is 0 Å². The third-order valence-electron chi connectivity index (χ3n) is 3.01. The number of hydrogen-bond donors (Lipinski definition) is 1. The van der Waals surface area contributed by atoms with Crippen LogP contribution in [0.5, 0.6) is 0 Å². The molecule has 1 heterocycles. The molecule has 0 radical (unpaired) electrons. The maximum Gasteiger partial charge on any atom is 0.411 e. The number of carbonyl (C=O) groups excluding carboxylic acids is 1. The van der Waals surface area contributed by atoms with Crippen LogP contribution in [0.25, 0.3) is 0 Å². The maximum atomic E-state index is 12.2. The largest absolute Gasteiger partial charge is 0.411 e. The zero-order valence-corrected chi connectivity index (χ0v) is 12.6. The second kappa shape index (κ2) is 6.82. The topological polar surface area (TPSA) is 56.2 Å². The van der Waals surface area contributed by atoms with Crippen molar-refractivity contribution in [2.45, 2.75) is 26.8 Å². The molecule has 0 aliphatic heterocycles. The number of aryl methyl sites for hydroxylation is 2. The summed E-state index contributed by atoms with van der Waals surface area (Å²) in [7, 11) is 0. The Hall–Kier alpha value is -2.35. The molecule has 1 aromatic heterocycles. The Kier molecular flexibility index (Phi) is 5.05. The smallest absolute Gasteiger partial charge is 0.350 e. The lowest BCUT2D eigenvalue weighted by Crippen LogP contribution is -2.18. The van der Waals surface area contributed by atoms with Gasteiger partial charge in [-0.2, -0.15) is 18.3 Å². The first-order valence-electron chi connectivity index (χ1n) is 6.80. The normalized spacial score (nSPS) is 11.5. The molecule has 1 N–H and O–H groups in total. The molecule has 8 heteroatoms. The second-order valence-corrected chi connectivity index (χ2v) is 5.13. The number of aromatic nitrogens is 2. The molecule has 2 aromatic rings. The van der Waals surface area contributed by atoms with Crippen LogP contribution in [0.2, 0.25) is 0 Å². The fourth-order valence-electron chi connectivity index (χ4n) is 2.02. The van der Waals surface area contributed by atoms with Crippen LogP contribution in [0.4, 0.5) is 18.9 Å². The van der Waals surface area contributed by atoms with Crippen molar-refractivity contribution in [1.29, 1.82) is 0 Å². The molecule has 1 aromatic carbocycles. The minimum atomic E-state index is -4.38. The minimum absolute atomic E-state index is 0.307. The lowest BCUT2D eigenvalue weighted by atomic mass is 10.1. The zero-order valence-electron chi connectivity index (χ0n) is 12.6. The Bertz CT molecular complexity index is 696. The van der Waals surface area contributed by atoms with Gasteiger partial charge in [0.15, 0.2) is 0 Å². The van der Waals surface area contributed by atoms with Gasteiger partial charge in [-0.1, -0.05) is 17.7 Å². The van der Waals surface area contributed by atoms with Crippen LogP contribution in [0, 0.1) is 13.8 Å². The first-order chi connectivity index (χ1) is 10.7. The Balaban J connectivity index is 1.94. The highest BCUT2D eigenvalue weighted by Gasteiger charge is 2.27. The predicted molar refractivity (Wildman–Crippen MR) is 78.1 cm³/mol. The van der Waals surface area contributed by atoms with E-state index in [1.165, 1.54) is 17.1 Å². The standard InChI is InChI=1S/C15H16F3N3O2/c1-10-3-4-13(11(2)5-10)14(22)20-12-6-19-21(7-12)9-23-8-15(16,17)18/h3-7H,8-9H2,1-2H3,(H,20,22). The van der Waals surface area contributed by atoms with Crippen LogP contribution in [-0.4, -0.2) is 28.5 Å². The molecule has 0 aliphatic carbocycles. The lowest BCUT2D eigenvalue weighted by Gasteiger charge is -2.07. The first kappa shape index (κ1) is 17.0. The Morgan fingerprint density at radius 2 is 2.09 bits per heavy atom. The highest BCUT2D eigenvalue weighted by molar-refractivity contribution is 6.05. The summed E-state index contributed by atoms with van der Waals surface area (Å²) in [5, 5.41) is 6.47. The number of halogens is 3. The van der Waals surface area contributed by atoms with Crippen molar-refractivity contribution >= 4 is 11.6 Å². The Labute approximate surface area is 131 Å². The number of ether oxygens (including phenoxy) is 1. The summed E-state index contributed by atoms with van der Waals surface area (Å²) in [4.78, 5) is 12.2. The number of carbonyl (C=O) groups is 1. The van der Waals surface area contributed by atoms with Gasteiger partial charge < -0.3 is 10.1 Å². The molecule has 0 unspecified atom stereocenters. The SMILES string of the molecule is Cc1ccc(C(=O)Nc2cnn(COCC(F)(F)F)c2)c(C)c1.